The number of nitrogens with two attached hydrogens (primary N) is 1. The van der Waals surface area contributed by atoms with Crippen LogP contribution in [-0.4, -0.2) is 53.1 Å². The van der Waals surface area contributed by atoms with E-state index in [1.807, 2.05) is 0 Å². The van der Waals surface area contributed by atoms with E-state index in [4.69, 9.17) is 9.20 Å². The number of carbonyl (C=O) groups excluding carboxylic acids is 1. The average molecular weight is 277 g/mol. The molecule has 0 saturated heterocycles. The number of halogens is 1. The molecule has 0 amide bonds. The van der Waals surface area contributed by atoms with E-state index in [0.29, 0.717) is 0 Å². The second kappa shape index (κ2) is 9.87. The van der Waals surface area contributed by atoms with Crippen LogP contribution in [0.1, 0.15) is 0 Å². The molecule has 0 saturated carbocycles. The first-order valence-electron chi connectivity index (χ1n) is 2.06. The third-order valence-electron chi connectivity index (χ3n) is 0.331. The summed E-state index contributed by atoms with van der Waals surface area (Å²) in [6.45, 7) is -0.347. The average Bonchev–Trinajstić information content (AvgIpc) is 1.91. The molecule has 10 heavy (non-hydrogen) atoms. The van der Waals surface area contributed by atoms with Gasteiger partial charge in [-0.2, -0.15) is 0 Å². The van der Waals surface area contributed by atoms with Gasteiger partial charge in [-0.3, -0.25) is 0 Å². The van der Waals surface area contributed by atoms with Gasteiger partial charge in [0.2, 0.25) is 0 Å². The second-order valence-corrected chi connectivity index (χ2v) is 2.59. The first-order valence-corrected chi connectivity index (χ1v) is 5.76. The van der Waals surface area contributed by atoms with Gasteiger partial charge in [-0.05, 0) is 0 Å². The molecule has 0 rings (SSSR count). The summed E-state index contributed by atoms with van der Waals surface area (Å²) in [5.41, 5.74) is 4.72. The summed E-state index contributed by atoms with van der Waals surface area (Å²) in [4.78, 5) is 9.96. The summed E-state index contributed by atoms with van der Waals surface area (Å²) in [5.74, 6) is -0.834. The van der Waals surface area contributed by atoms with Gasteiger partial charge in [0.05, 0.1) is 0 Å². The molecule has 56 valence electrons. The van der Waals surface area contributed by atoms with Crippen LogP contribution < -0.4 is 5.73 Å². The number of rotatable bonds is 2. The molecule has 0 atom stereocenters. The number of carbonyl (C=O) groups is 1. The molecule has 0 aromatic rings. The van der Waals surface area contributed by atoms with Gasteiger partial charge in [-0.15, -0.1) is 0 Å². The van der Waals surface area contributed by atoms with E-state index in [1.165, 1.54) is 16.7 Å². The third kappa shape index (κ3) is 11.6. The van der Waals surface area contributed by atoms with Crippen molar-refractivity contribution in [2.24, 2.45) is 5.73 Å². The Kier molecular flexibility index (Phi) is 13.3. The molecule has 0 aromatic heterocycles. The van der Waals surface area contributed by atoms with Gasteiger partial charge in [-0.1, -0.05) is 0 Å². The maximum absolute atomic E-state index is 9.96. The van der Waals surface area contributed by atoms with Crippen LogP contribution in [0.25, 0.3) is 0 Å². The van der Waals surface area contributed by atoms with Crippen LogP contribution in [-0.2, 0) is 11.0 Å². The van der Waals surface area contributed by atoms with Crippen molar-refractivity contribution >= 4 is 52.9 Å². The van der Waals surface area contributed by atoms with E-state index in [0.717, 1.165) is 0 Å². The molecule has 0 aliphatic carbocycles. The Balaban J connectivity index is 0. The summed E-state index contributed by atoms with van der Waals surface area (Å²) in [5, 5.41) is 0. The molecule has 5 nitrogen and oxygen atoms in total. The standard InChI is InChI=1S/C2H5NO4Te.ClH.Li/c3-1-2(4)7-8(5)6;;/h1,3H2,(H,5,6);1H;/q;;+1/p-1. The number of hydrogen-bond acceptors (Lipinski definition) is 4. The van der Waals surface area contributed by atoms with Crippen molar-refractivity contribution in [3.63, 3.8) is 0 Å². The SMILES string of the molecule is NCC(=O)O[Te](=O)O.[Li][Cl]. The first kappa shape index (κ1) is 13.5. The molecular weight excluding hydrogens is 272 g/mol. The van der Waals surface area contributed by atoms with Gasteiger partial charge in [0.15, 0.2) is 0 Å². The molecule has 0 spiro atoms. The van der Waals surface area contributed by atoms with Crippen LogP contribution in [0.3, 0.4) is 0 Å². The fraction of sp³-hybridized carbons (Fsp3) is 0.500. The Morgan fingerprint density at radius 2 is 2.20 bits per heavy atom. The Morgan fingerprint density at radius 1 is 1.80 bits per heavy atom. The monoisotopic (exact) mass is 279 g/mol. The van der Waals surface area contributed by atoms with Gasteiger partial charge >= 0.3 is 79.6 Å². The normalized spacial score (nSPS) is 8.20. The molecule has 0 bridgehead atoms. The third-order valence-corrected chi connectivity index (χ3v) is 1.27. The van der Waals surface area contributed by atoms with Gasteiger partial charge in [0, 0.05) is 0 Å². The van der Waals surface area contributed by atoms with Crippen molar-refractivity contribution in [2.45, 2.75) is 0 Å². The van der Waals surface area contributed by atoms with Gasteiger partial charge in [-0.25, -0.2) is 0 Å². The van der Waals surface area contributed by atoms with Crippen LogP contribution >= 0.6 is 9.80 Å². The van der Waals surface area contributed by atoms with Crippen molar-refractivity contribution in [2.75, 3.05) is 6.54 Å². The Morgan fingerprint density at radius 3 is 2.30 bits per heavy atom. The minimum atomic E-state index is -3.68. The molecule has 0 radical (unpaired) electrons. The molecule has 0 heterocycles. The first-order chi connectivity index (χ1) is 4.66. The van der Waals surface area contributed by atoms with Crippen LogP contribution in [0.15, 0.2) is 0 Å². The zero-order chi connectivity index (χ0) is 8.57. The minimum absolute atomic E-state index is 0.347. The van der Waals surface area contributed by atoms with E-state index in [1.54, 1.807) is 0 Å². The van der Waals surface area contributed by atoms with Gasteiger partial charge < -0.3 is 0 Å². The quantitative estimate of drug-likeness (QED) is 0.582. The zero-order valence-corrected chi connectivity index (χ0v) is 8.33. The summed E-state index contributed by atoms with van der Waals surface area (Å²) < 4.78 is 21.5. The van der Waals surface area contributed by atoms with Crippen LogP contribution in [0.5, 0.6) is 0 Å². The molecule has 3 N–H and O–H groups in total. The molecule has 0 fully saturated rings. The molecule has 0 unspecified atom stereocenters. The number of hydrogen-bond donors (Lipinski definition) is 2. The van der Waals surface area contributed by atoms with E-state index in [9.17, 15) is 7.90 Å². The van der Waals surface area contributed by atoms with E-state index >= 15 is 0 Å². The molecule has 0 aliphatic heterocycles. The predicted molar refractivity (Wildman–Crippen MR) is 35.4 cm³/mol. The van der Waals surface area contributed by atoms with Gasteiger partial charge in [0.25, 0.3) is 0 Å². The fourth-order valence-electron chi connectivity index (χ4n) is 0.114. The maximum atomic E-state index is 9.96. The molecule has 8 heteroatoms. The van der Waals surface area contributed by atoms with E-state index in [2.05, 4.69) is 12.9 Å². The van der Waals surface area contributed by atoms with Crippen molar-refractivity contribution in [1.82, 2.24) is 0 Å². The van der Waals surface area contributed by atoms with Crippen LogP contribution in [0, 0.1) is 0 Å². The molecule has 0 aromatic carbocycles. The Bertz CT molecular complexity index is 122. The summed E-state index contributed by atoms with van der Waals surface area (Å²) in [7, 11) is 4.64. The van der Waals surface area contributed by atoms with Crippen molar-refractivity contribution in [1.29, 1.82) is 0 Å². The van der Waals surface area contributed by atoms with E-state index < -0.39 is 26.3 Å². The van der Waals surface area contributed by atoms with E-state index in [-0.39, 0.29) is 6.54 Å². The van der Waals surface area contributed by atoms with Crippen LogP contribution in [0.2, 0.25) is 0 Å². The van der Waals surface area contributed by atoms with Gasteiger partial charge in [0.1, 0.15) is 0 Å². The summed E-state index contributed by atoms with van der Waals surface area (Å²) >= 11 is -2.21. The summed E-state index contributed by atoms with van der Waals surface area (Å²) in [6.07, 6.45) is 0. The molecule has 0 aliphatic rings. The van der Waals surface area contributed by atoms with Crippen molar-refractivity contribution in [3.05, 3.63) is 0 Å². The Labute approximate surface area is 79.2 Å². The topological polar surface area (TPSA) is 89.6 Å². The predicted octanol–water partition coefficient (Wildman–Crippen LogP) is -1.80. The molecular formula is C2H5ClLiNO4Te. The zero-order valence-electron chi connectivity index (χ0n) is 5.24. The summed E-state index contributed by atoms with van der Waals surface area (Å²) in [6, 6.07) is 0. The van der Waals surface area contributed by atoms with Crippen LogP contribution in [0.4, 0.5) is 0 Å². The van der Waals surface area contributed by atoms with Crippen molar-refractivity contribution in [3.8, 4) is 0 Å². The van der Waals surface area contributed by atoms with Crippen molar-refractivity contribution < 1.29 is 14.5 Å². The second-order valence-electron chi connectivity index (χ2n) is 0.877. The Hall–Kier alpha value is 0.867. The fourth-order valence-corrected chi connectivity index (χ4v) is 0.762.